The zero-order chi connectivity index (χ0) is 13.2. The van der Waals surface area contributed by atoms with Gasteiger partial charge in [0.25, 0.3) is 0 Å². The normalized spacial score (nSPS) is 9.82. The summed E-state index contributed by atoms with van der Waals surface area (Å²) in [5.41, 5.74) is 11.9. The third-order valence-electron chi connectivity index (χ3n) is 2.40. The maximum absolute atomic E-state index is 10.8. The van der Waals surface area contributed by atoms with Crippen molar-refractivity contribution >= 4 is 12.2 Å². The van der Waals surface area contributed by atoms with Gasteiger partial charge in [0.2, 0.25) is 0 Å². The molecule has 1 aromatic carbocycles. The number of carbonyl (C=O) groups excluding carboxylic acids is 2. The molecule has 0 bridgehead atoms. The Morgan fingerprint density at radius 3 is 2.00 bits per heavy atom. The predicted molar refractivity (Wildman–Crippen MR) is 61.1 cm³/mol. The lowest BCUT2D eigenvalue weighted by Gasteiger charge is -2.14. The molecule has 0 aliphatic rings. The molecule has 2 amide bonds. The van der Waals surface area contributed by atoms with Crippen LogP contribution in [0.15, 0.2) is 6.07 Å². The fourth-order valence-corrected chi connectivity index (χ4v) is 1.45. The summed E-state index contributed by atoms with van der Waals surface area (Å²) in [6, 6.07) is 1.64. The summed E-state index contributed by atoms with van der Waals surface area (Å²) in [5, 5.41) is 0. The zero-order valence-corrected chi connectivity index (χ0v) is 9.87. The summed E-state index contributed by atoms with van der Waals surface area (Å²) < 4.78 is 9.70. The minimum atomic E-state index is -0.929. The van der Waals surface area contributed by atoms with Gasteiger partial charge in [-0.1, -0.05) is 0 Å². The van der Waals surface area contributed by atoms with Gasteiger partial charge in [-0.25, -0.2) is 9.59 Å². The van der Waals surface area contributed by atoms with Crippen LogP contribution in [-0.2, 0) is 0 Å². The van der Waals surface area contributed by atoms with Gasteiger partial charge >= 0.3 is 12.2 Å². The number of aryl methyl sites for hydroxylation is 1. The van der Waals surface area contributed by atoms with Gasteiger partial charge in [-0.05, 0) is 38.0 Å². The molecule has 0 aromatic heterocycles. The molecule has 0 aliphatic heterocycles. The standard InChI is InChI=1S/C11H14N2O4/c1-5-4-8(16-10(12)14)7(3)9(6(5)2)17-11(13)15/h4H,1-3H3,(H2,12,14)(H2,13,15). The van der Waals surface area contributed by atoms with Crippen LogP contribution in [0.25, 0.3) is 0 Å². The smallest absolute Gasteiger partial charge is 0.409 e. The number of benzene rings is 1. The van der Waals surface area contributed by atoms with E-state index in [1.807, 2.05) is 0 Å². The number of hydrogen-bond donors (Lipinski definition) is 2. The van der Waals surface area contributed by atoms with Crippen LogP contribution in [0.5, 0.6) is 11.5 Å². The van der Waals surface area contributed by atoms with E-state index in [0.717, 1.165) is 11.1 Å². The lowest BCUT2D eigenvalue weighted by Crippen LogP contribution is -2.20. The molecule has 0 aliphatic carbocycles. The van der Waals surface area contributed by atoms with Crippen molar-refractivity contribution in [2.75, 3.05) is 0 Å². The number of carbonyl (C=O) groups is 2. The van der Waals surface area contributed by atoms with Gasteiger partial charge in [0.1, 0.15) is 11.5 Å². The molecule has 17 heavy (non-hydrogen) atoms. The van der Waals surface area contributed by atoms with Gasteiger partial charge < -0.3 is 20.9 Å². The first-order valence-corrected chi connectivity index (χ1v) is 4.88. The molecule has 0 heterocycles. The van der Waals surface area contributed by atoms with Crippen LogP contribution < -0.4 is 20.9 Å². The van der Waals surface area contributed by atoms with E-state index in [-0.39, 0.29) is 11.5 Å². The zero-order valence-electron chi connectivity index (χ0n) is 9.87. The largest absolute Gasteiger partial charge is 0.410 e. The van der Waals surface area contributed by atoms with Crippen molar-refractivity contribution in [2.24, 2.45) is 11.5 Å². The maximum Gasteiger partial charge on any atom is 0.409 e. The molecule has 92 valence electrons. The van der Waals surface area contributed by atoms with Crippen molar-refractivity contribution in [1.82, 2.24) is 0 Å². The molecule has 4 N–H and O–H groups in total. The summed E-state index contributed by atoms with van der Waals surface area (Å²) in [7, 11) is 0. The number of amides is 2. The Labute approximate surface area is 98.5 Å². The van der Waals surface area contributed by atoms with Gasteiger partial charge in [0.15, 0.2) is 0 Å². The third kappa shape index (κ3) is 2.87. The van der Waals surface area contributed by atoms with E-state index in [9.17, 15) is 9.59 Å². The second kappa shape index (κ2) is 4.73. The highest BCUT2D eigenvalue weighted by Gasteiger charge is 2.16. The molecule has 1 rings (SSSR count). The maximum atomic E-state index is 10.8. The minimum absolute atomic E-state index is 0.247. The molecule has 0 saturated carbocycles. The van der Waals surface area contributed by atoms with Crippen LogP contribution in [0, 0.1) is 20.8 Å². The Kier molecular flexibility index (Phi) is 3.57. The molecule has 0 radical (unpaired) electrons. The van der Waals surface area contributed by atoms with Crippen LogP contribution >= 0.6 is 0 Å². The number of ether oxygens (including phenoxy) is 2. The lowest BCUT2D eigenvalue weighted by molar-refractivity contribution is 0.208. The molecule has 0 spiro atoms. The topological polar surface area (TPSA) is 105 Å². The van der Waals surface area contributed by atoms with Gasteiger partial charge in [-0.15, -0.1) is 0 Å². The molecular weight excluding hydrogens is 224 g/mol. The lowest BCUT2D eigenvalue weighted by atomic mass is 10.0. The van der Waals surface area contributed by atoms with Gasteiger partial charge in [0.05, 0.1) is 0 Å². The predicted octanol–water partition coefficient (Wildman–Crippen LogP) is 1.53. The fourth-order valence-electron chi connectivity index (χ4n) is 1.45. The van der Waals surface area contributed by atoms with Gasteiger partial charge in [-0.2, -0.15) is 0 Å². The summed E-state index contributed by atoms with van der Waals surface area (Å²) in [6.07, 6.45) is -1.85. The average Bonchev–Trinajstić information content (AvgIpc) is 2.20. The van der Waals surface area contributed by atoms with Crippen LogP contribution in [0.3, 0.4) is 0 Å². The highest BCUT2D eigenvalue weighted by atomic mass is 16.6. The summed E-state index contributed by atoms with van der Waals surface area (Å²) >= 11 is 0. The van der Waals surface area contributed by atoms with Crippen LogP contribution in [0.1, 0.15) is 16.7 Å². The highest BCUT2D eigenvalue weighted by Crippen LogP contribution is 2.33. The number of primary amides is 2. The molecule has 6 nitrogen and oxygen atoms in total. The quantitative estimate of drug-likeness (QED) is 0.814. The highest BCUT2D eigenvalue weighted by molar-refractivity contribution is 5.72. The molecule has 0 unspecified atom stereocenters. The van der Waals surface area contributed by atoms with Crippen molar-refractivity contribution in [1.29, 1.82) is 0 Å². The Balaban J connectivity index is 3.31. The van der Waals surface area contributed by atoms with Crippen molar-refractivity contribution in [3.8, 4) is 11.5 Å². The first-order valence-electron chi connectivity index (χ1n) is 4.88. The molecule has 0 atom stereocenters. The van der Waals surface area contributed by atoms with Gasteiger partial charge in [0, 0.05) is 5.56 Å². The molecule has 0 saturated heterocycles. The summed E-state index contributed by atoms with van der Waals surface area (Å²) in [6.45, 7) is 5.20. The van der Waals surface area contributed by atoms with E-state index < -0.39 is 12.2 Å². The third-order valence-corrected chi connectivity index (χ3v) is 2.40. The molecule has 0 fully saturated rings. The average molecular weight is 238 g/mol. The van der Waals surface area contributed by atoms with E-state index in [0.29, 0.717) is 5.56 Å². The van der Waals surface area contributed by atoms with Crippen LogP contribution in [-0.4, -0.2) is 12.2 Å². The number of nitrogens with two attached hydrogens (primary N) is 2. The van der Waals surface area contributed by atoms with Gasteiger partial charge in [-0.3, -0.25) is 0 Å². The Morgan fingerprint density at radius 2 is 1.53 bits per heavy atom. The van der Waals surface area contributed by atoms with Crippen molar-refractivity contribution in [3.63, 3.8) is 0 Å². The Bertz CT molecular complexity index is 483. The molecular formula is C11H14N2O4. The van der Waals surface area contributed by atoms with E-state index in [2.05, 4.69) is 0 Å². The number of hydrogen-bond acceptors (Lipinski definition) is 4. The molecule has 1 aromatic rings. The van der Waals surface area contributed by atoms with Crippen LogP contribution in [0.4, 0.5) is 9.59 Å². The van der Waals surface area contributed by atoms with Crippen LogP contribution in [0.2, 0.25) is 0 Å². The second-order valence-electron chi connectivity index (χ2n) is 3.61. The fraction of sp³-hybridized carbons (Fsp3) is 0.273. The monoisotopic (exact) mass is 238 g/mol. The first kappa shape index (κ1) is 12.8. The van der Waals surface area contributed by atoms with E-state index >= 15 is 0 Å². The van der Waals surface area contributed by atoms with Crippen molar-refractivity contribution < 1.29 is 19.1 Å². The summed E-state index contributed by atoms with van der Waals surface area (Å²) in [4.78, 5) is 21.5. The molecule has 6 heteroatoms. The SMILES string of the molecule is Cc1cc(OC(N)=O)c(C)c(OC(N)=O)c1C. The first-order chi connectivity index (χ1) is 7.82. The minimum Gasteiger partial charge on any atom is -0.410 e. The van der Waals surface area contributed by atoms with Crippen molar-refractivity contribution in [3.05, 3.63) is 22.8 Å². The van der Waals surface area contributed by atoms with E-state index in [4.69, 9.17) is 20.9 Å². The Morgan fingerprint density at radius 1 is 1.00 bits per heavy atom. The summed E-state index contributed by atoms with van der Waals surface area (Å²) in [5.74, 6) is 0.533. The second-order valence-corrected chi connectivity index (χ2v) is 3.61. The number of rotatable bonds is 2. The van der Waals surface area contributed by atoms with Crippen molar-refractivity contribution in [2.45, 2.75) is 20.8 Å². The Hall–Kier alpha value is -2.24. The van der Waals surface area contributed by atoms with E-state index in [1.165, 1.54) is 0 Å². The van der Waals surface area contributed by atoms with E-state index in [1.54, 1.807) is 26.8 Å².